The van der Waals surface area contributed by atoms with Crippen molar-refractivity contribution in [2.75, 3.05) is 0 Å². The predicted octanol–water partition coefficient (Wildman–Crippen LogP) is 5.82. The summed E-state index contributed by atoms with van der Waals surface area (Å²) in [7, 11) is 0. The second kappa shape index (κ2) is 7.88. The van der Waals surface area contributed by atoms with Crippen LogP contribution in [-0.4, -0.2) is 32.6 Å². The van der Waals surface area contributed by atoms with Gasteiger partial charge in [0.25, 0.3) is 5.56 Å². The zero-order valence-electron chi connectivity index (χ0n) is 18.5. The number of rotatable bonds is 2. The van der Waals surface area contributed by atoms with Gasteiger partial charge in [0.15, 0.2) is 5.15 Å². The Labute approximate surface area is 190 Å². The lowest BCUT2D eigenvalue weighted by Gasteiger charge is -2.55. The van der Waals surface area contributed by atoms with Crippen LogP contribution in [0.4, 0.5) is 0 Å². The molecule has 2 saturated carbocycles. The second-order valence-corrected chi connectivity index (χ2v) is 11.4. The number of fused-ring (bicyclic) bond motifs is 5. The Morgan fingerprint density at radius 1 is 0.871 bits per heavy atom. The highest BCUT2D eigenvalue weighted by atomic mass is 35.5. The van der Waals surface area contributed by atoms with Crippen LogP contribution in [0.25, 0.3) is 11.0 Å². The van der Waals surface area contributed by atoms with Crippen molar-refractivity contribution in [3.63, 3.8) is 0 Å². The van der Waals surface area contributed by atoms with Crippen molar-refractivity contribution in [2.45, 2.75) is 95.3 Å². The Balaban J connectivity index is 1.31. The summed E-state index contributed by atoms with van der Waals surface area (Å²) in [6.45, 7) is 2.46. The fraction of sp³-hybridized carbons (Fsp3) is 0.692. The summed E-state index contributed by atoms with van der Waals surface area (Å²) in [5.41, 5.74) is 1.65. The Hall–Kier alpha value is -1.39. The number of benzene rings is 1. The van der Waals surface area contributed by atoms with E-state index in [1.54, 1.807) is 0 Å². The Bertz CT molecular complexity index is 1000. The predicted molar refractivity (Wildman–Crippen MR) is 126 cm³/mol. The lowest BCUT2D eigenvalue weighted by Crippen LogP contribution is -2.58. The van der Waals surface area contributed by atoms with Crippen LogP contribution in [0.3, 0.4) is 0 Å². The van der Waals surface area contributed by atoms with Crippen LogP contribution in [0.15, 0.2) is 29.1 Å². The number of nitrogens with zero attached hydrogens (tertiary/aromatic N) is 3. The molecule has 0 unspecified atom stereocenters. The topological polar surface area (TPSA) is 38.1 Å². The molecule has 2 aliphatic heterocycles. The molecule has 1 aromatic carbocycles. The van der Waals surface area contributed by atoms with Crippen LogP contribution in [0.5, 0.6) is 0 Å². The van der Waals surface area contributed by atoms with E-state index >= 15 is 0 Å². The second-order valence-electron chi connectivity index (χ2n) is 11.0. The molecule has 5 heteroatoms. The maximum absolute atomic E-state index is 13.1. The summed E-state index contributed by atoms with van der Waals surface area (Å²) in [6, 6.07) is 10.2. The molecule has 3 heterocycles. The zero-order valence-corrected chi connectivity index (χ0v) is 19.3. The summed E-state index contributed by atoms with van der Waals surface area (Å²) >= 11 is 6.29. The zero-order chi connectivity index (χ0) is 21.1. The van der Waals surface area contributed by atoms with Gasteiger partial charge in [-0.1, -0.05) is 37.1 Å². The van der Waals surface area contributed by atoms with Gasteiger partial charge in [-0.3, -0.25) is 9.69 Å². The van der Waals surface area contributed by atoms with E-state index in [1.807, 2.05) is 28.8 Å². The number of hydrogen-bond acceptors (Lipinski definition) is 3. The van der Waals surface area contributed by atoms with Crippen molar-refractivity contribution in [3.05, 3.63) is 39.8 Å². The number of hydrogen-bond donors (Lipinski definition) is 0. The molecule has 31 heavy (non-hydrogen) atoms. The Morgan fingerprint density at radius 3 is 2.26 bits per heavy atom. The molecule has 2 aliphatic carbocycles. The fourth-order valence-electron chi connectivity index (χ4n) is 8.08. The van der Waals surface area contributed by atoms with Gasteiger partial charge in [0.1, 0.15) is 0 Å². The van der Waals surface area contributed by atoms with Crippen LogP contribution in [0.1, 0.15) is 77.2 Å². The highest BCUT2D eigenvalue weighted by molar-refractivity contribution is 6.29. The molecule has 6 rings (SSSR count). The summed E-state index contributed by atoms with van der Waals surface area (Å²) in [4.78, 5) is 20.4. The molecule has 2 saturated heterocycles. The van der Waals surface area contributed by atoms with Crippen LogP contribution >= 0.6 is 11.6 Å². The maximum atomic E-state index is 13.1. The van der Waals surface area contributed by atoms with Crippen molar-refractivity contribution < 1.29 is 0 Å². The van der Waals surface area contributed by atoms with Crippen molar-refractivity contribution in [3.8, 4) is 0 Å². The molecule has 0 N–H and O–H groups in total. The van der Waals surface area contributed by atoms with Gasteiger partial charge in [0, 0.05) is 24.2 Å². The first kappa shape index (κ1) is 20.2. The van der Waals surface area contributed by atoms with Gasteiger partial charge in [0.2, 0.25) is 0 Å². The largest absolute Gasteiger partial charge is 0.301 e. The molecule has 2 aromatic rings. The van der Waals surface area contributed by atoms with Gasteiger partial charge in [-0.15, -0.1) is 0 Å². The van der Waals surface area contributed by atoms with E-state index in [0.717, 1.165) is 47.7 Å². The average Bonchev–Trinajstić information content (AvgIpc) is 2.73. The first-order chi connectivity index (χ1) is 15.1. The molecule has 1 aromatic heterocycles. The van der Waals surface area contributed by atoms with Crippen LogP contribution < -0.4 is 5.56 Å². The van der Waals surface area contributed by atoms with Crippen molar-refractivity contribution in [1.29, 1.82) is 0 Å². The third kappa shape index (κ3) is 3.54. The first-order valence-electron chi connectivity index (χ1n) is 12.5. The third-order valence-corrected chi connectivity index (χ3v) is 9.14. The molecule has 7 atom stereocenters. The minimum absolute atomic E-state index is 0.112. The highest BCUT2D eigenvalue weighted by Gasteiger charge is 2.46. The van der Waals surface area contributed by atoms with Gasteiger partial charge in [0.05, 0.1) is 11.0 Å². The van der Waals surface area contributed by atoms with Crippen molar-refractivity contribution in [1.82, 2.24) is 14.5 Å². The summed E-state index contributed by atoms with van der Waals surface area (Å²) in [6.07, 6.45) is 13.2. The average molecular weight is 440 g/mol. The minimum atomic E-state index is -0.113. The van der Waals surface area contributed by atoms with Crippen LogP contribution in [-0.2, 0) is 0 Å². The van der Waals surface area contributed by atoms with E-state index in [-0.39, 0.29) is 16.8 Å². The third-order valence-electron chi connectivity index (χ3n) is 8.90. The van der Waals surface area contributed by atoms with E-state index in [0.29, 0.717) is 12.1 Å². The van der Waals surface area contributed by atoms with E-state index < -0.39 is 0 Å². The summed E-state index contributed by atoms with van der Waals surface area (Å²) in [5, 5.41) is 0.112. The van der Waals surface area contributed by atoms with E-state index in [1.165, 1.54) is 51.4 Å². The molecule has 0 amide bonds. The summed E-state index contributed by atoms with van der Waals surface area (Å²) in [5.74, 6) is 2.81. The van der Waals surface area contributed by atoms with Gasteiger partial charge in [-0.2, -0.15) is 0 Å². The Morgan fingerprint density at radius 2 is 1.55 bits per heavy atom. The number of aromatic nitrogens is 2. The van der Waals surface area contributed by atoms with Gasteiger partial charge in [-0.05, 0) is 87.7 Å². The molecule has 4 aliphatic rings. The molecule has 4 nitrogen and oxygen atoms in total. The molecule has 166 valence electrons. The van der Waals surface area contributed by atoms with Gasteiger partial charge >= 0.3 is 0 Å². The maximum Gasteiger partial charge on any atom is 0.288 e. The molecule has 4 fully saturated rings. The number of para-hydroxylation sites is 2. The van der Waals surface area contributed by atoms with Gasteiger partial charge < -0.3 is 4.57 Å². The molecule has 0 spiro atoms. The van der Waals surface area contributed by atoms with Crippen molar-refractivity contribution >= 4 is 22.6 Å². The first-order valence-corrected chi connectivity index (χ1v) is 12.9. The van der Waals surface area contributed by atoms with Crippen LogP contribution in [0.2, 0.25) is 5.15 Å². The smallest absolute Gasteiger partial charge is 0.288 e. The molecule has 0 radical (unpaired) electrons. The molecular weight excluding hydrogens is 406 g/mol. The van der Waals surface area contributed by atoms with E-state index in [2.05, 4.69) is 16.8 Å². The van der Waals surface area contributed by atoms with E-state index in [4.69, 9.17) is 11.6 Å². The molecular formula is C26H34ClN3O. The fourth-order valence-corrected chi connectivity index (χ4v) is 8.26. The monoisotopic (exact) mass is 439 g/mol. The van der Waals surface area contributed by atoms with Crippen molar-refractivity contribution in [2.24, 2.45) is 17.8 Å². The highest BCUT2D eigenvalue weighted by Crippen LogP contribution is 2.48. The normalized spacial score (nSPS) is 38.3. The standard InChI is InChI=1S/C26H34ClN3O/c1-16-9-17-11-18(10-16)13-21(12-17)29-19-5-4-6-20(29)15-22(14-19)30-24-8-3-2-7-23(24)28-25(27)26(30)31/h2-3,7-8,16-22H,4-6,9-15H2,1H3/t16-,17-,18+,19-,20+,21+,22+. The van der Waals surface area contributed by atoms with Crippen LogP contribution in [0, 0.1) is 17.8 Å². The number of piperidine rings is 2. The lowest BCUT2D eigenvalue weighted by molar-refractivity contribution is -0.0524. The molecule has 4 bridgehead atoms. The SMILES string of the molecule is C[C@@H]1C[C@@H]2C[C@H](C1)C[C@@H](N1[C@@H]3CCC[C@H]1C[C@@H](n1c(=O)c(Cl)nc4ccccc41)C3)C2. The number of halogens is 1. The Kier molecular flexibility index (Phi) is 5.14. The summed E-state index contributed by atoms with van der Waals surface area (Å²) < 4.78 is 1.99. The van der Waals surface area contributed by atoms with E-state index in [9.17, 15) is 4.79 Å². The lowest BCUT2D eigenvalue weighted by atomic mass is 9.65. The van der Waals surface area contributed by atoms with Gasteiger partial charge in [-0.25, -0.2) is 4.98 Å². The minimum Gasteiger partial charge on any atom is -0.301 e. The quantitative estimate of drug-likeness (QED) is 0.591.